The molecule has 0 aliphatic carbocycles. The molecule has 0 rings (SSSR count). The maximum atomic E-state index is 10.3. The Morgan fingerprint density at radius 2 is 1.53 bits per heavy atom. The minimum absolute atomic E-state index is 0.00523. The van der Waals surface area contributed by atoms with Gasteiger partial charge in [0.05, 0.1) is 0 Å². The summed E-state index contributed by atoms with van der Waals surface area (Å²) in [4.78, 5) is 0. The fraction of sp³-hybridized carbons (Fsp3) is 1.00. The number of unbranched alkanes of at least 4 members (excludes halogenated alkanes) is 3. The van der Waals surface area contributed by atoms with Crippen molar-refractivity contribution in [2.45, 2.75) is 64.7 Å². The van der Waals surface area contributed by atoms with E-state index in [0.29, 0.717) is 47.0 Å². The van der Waals surface area contributed by atoms with Gasteiger partial charge >= 0.3 is 115 Å². The van der Waals surface area contributed by atoms with Gasteiger partial charge in [-0.15, -0.1) is 0 Å². The summed E-state index contributed by atoms with van der Waals surface area (Å²) in [5.74, 6) is 6.91. The summed E-state index contributed by atoms with van der Waals surface area (Å²) in [5, 5.41) is 10.3. The molecule has 0 spiro atoms. The third-order valence-corrected chi connectivity index (χ3v) is 18.8. The van der Waals surface area contributed by atoms with Gasteiger partial charge in [0.2, 0.25) is 0 Å². The van der Waals surface area contributed by atoms with Gasteiger partial charge in [0, 0.05) is 0 Å². The molecular weight excluding hydrogens is 385 g/mol. The molecule has 92 valence electrons. The Labute approximate surface area is 114 Å². The second kappa shape index (κ2) is 9.54. The van der Waals surface area contributed by atoms with Crippen molar-refractivity contribution in [3.8, 4) is 0 Å². The summed E-state index contributed by atoms with van der Waals surface area (Å²) in [7, 11) is 0. The molecule has 0 heterocycles. The van der Waals surface area contributed by atoms with Crippen LogP contribution in [-0.4, -0.2) is 56.1 Å². The van der Waals surface area contributed by atoms with Crippen molar-refractivity contribution in [2.75, 3.05) is 0 Å². The molecule has 0 saturated carbocycles. The van der Waals surface area contributed by atoms with E-state index in [1.807, 2.05) is 0 Å². The quantitative estimate of drug-likeness (QED) is 0.459. The summed E-state index contributed by atoms with van der Waals surface area (Å²) < 4.78 is 0.374. The minimum atomic E-state index is -0.00523. The van der Waals surface area contributed by atoms with Crippen molar-refractivity contribution in [3.63, 3.8) is 0 Å². The predicted molar refractivity (Wildman–Crippen MR) is 72.3 cm³/mol. The van der Waals surface area contributed by atoms with E-state index >= 15 is 0 Å². The molecule has 0 aliphatic heterocycles. The first-order valence-corrected chi connectivity index (χ1v) is 13.2. The topological polar surface area (TPSA) is 20.2 Å². The molecule has 0 aromatic rings. The zero-order chi connectivity index (χ0) is 11.7. The Balaban J connectivity index is 3.97. The molecular formula is C11H24OSe3. The van der Waals surface area contributed by atoms with E-state index < -0.39 is 0 Å². The van der Waals surface area contributed by atoms with E-state index in [0.717, 1.165) is 6.42 Å². The summed E-state index contributed by atoms with van der Waals surface area (Å²) in [6.07, 6.45) is 6.17. The maximum absolute atomic E-state index is 10.3. The molecule has 0 aromatic carbocycles. The van der Waals surface area contributed by atoms with Crippen molar-refractivity contribution >= 4 is 44.9 Å². The van der Waals surface area contributed by atoms with Gasteiger partial charge in [0.1, 0.15) is 0 Å². The third-order valence-electron chi connectivity index (χ3n) is 2.59. The van der Waals surface area contributed by atoms with E-state index in [4.69, 9.17) is 0 Å². The Kier molecular flexibility index (Phi) is 10.5. The zero-order valence-corrected chi connectivity index (χ0v) is 15.4. The summed E-state index contributed by atoms with van der Waals surface area (Å²) in [5.41, 5.74) is 0. The number of aliphatic hydroxyl groups is 1. The molecule has 1 nitrogen and oxygen atoms in total. The number of aliphatic hydroxyl groups excluding tert-OH is 1. The molecule has 0 radical (unpaired) electrons. The molecule has 0 amide bonds. The first-order valence-electron chi connectivity index (χ1n) is 5.50. The van der Waals surface area contributed by atoms with Crippen LogP contribution in [0, 0.1) is 0 Å². The Hall–Kier alpha value is 1.52. The molecule has 0 saturated heterocycles. The van der Waals surface area contributed by atoms with Crippen LogP contribution in [0.1, 0.15) is 39.0 Å². The standard InChI is InChI=1S/C11H24OSe3/c1-5-6-7-8-9-10(12)11(13-2,14-3)15-4/h10,12H,5-9H2,1-4H3. The van der Waals surface area contributed by atoms with E-state index in [-0.39, 0.29) is 6.10 Å². The van der Waals surface area contributed by atoms with Gasteiger partial charge in [-0.25, -0.2) is 0 Å². The molecule has 0 aromatic heterocycles. The SMILES string of the molecule is CCCCCCC(O)C([Se]C)([Se]C)[Se]C. The van der Waals surface area contributed by atoms with Crippen LogP contribution >= 0.6 is 0 Å². The Morgan fingerprint density at radius 3 is 1.93 bits per heavy atom. The van der Waals surface area contributed by atoms with E-state index in [9.17, 15) is 5.11 Å². The molecule has 15 heavy (non-hydrogen) atoms. The Morgan fingerprint density at radius 1 is 1.00 bits per heavy atom. The molecule has 1 N–H and O–H groups in total. The first kappa shape index (κ1) is 16.5. The van der Waals surface area contributed by atoms with Gasteiger partial charge < -0.3 is 0 Å². The summed E-state index contributed by atoms with van der Waals surface area (Å²) >= 11 is 1.84. The van der Waals surface area contributed by atoms with Crippen LogP contribution in [0.15, 0.2) is 0 Å². The van der Waals surface area contributed by atoms with Gasteiger partial charge in [-0.05, 0) is 0 Å². The average Bonchev–Trinajstić information content (AvgIpc) is 2.28. The normalized spacial score (nSPS) is 14.2. The fourth-order valence-electron chi connectivity index (χ4n) is 1.60. The zero-order valence-electron chi connectivity index (χ0n) is 10.3. The average molecular weight is 409 g/mol. The van der Waals surface area contributed by atoms with Gasteiger partial charge in [-0.3, -0.25) is 0 Å². The number of rotatable bonds is 9. The van der Waals surface area contributed by atoms with Gasteiger partial charge in [-0.2, -0.15) is 0 Å². The molecule has 0 aliphatic rings. The van der Waals surface area contributed by atoms with E-state index in [2.05, 4.69) is 24.4 Å². The van der Waals surface area contributed by atoms with Gasteiger partial charge in [0.25, 0.3) is 0 Å². The van der Waals surface area contributed by atoms with Crippen molar-refractivity contribution in [1.29, 1.82) is 0 Å². The second-order valence-electron chi connectivity index (χ2n) is 3.58. The van der Waals surface area contributed by atoms with Crippen LogP contribution < -0.4 is 0 Å². The monoisotopic (exact) mass is 412 g/mol. The molecule has 1 unspecified atom stereocenters. The van der Waals surface area contributed by atoms with Crippen molar-refractivity contribution < 1.29 is 5.11 Å². The predicted octanol–water partition coefficient (Wildman–Crippen LogP) is 2.65. The van der Waals surface area contributed by atoms with Crippen molar-refractivity contribution in [1.82, 2.24) is 0 Å². The Bertz CT molecular complexity index is 141. The van der Waals surface area contributed by atoms with Crippen molar-refractivity contribution in [2.24, 2.45) is 0 Å². The third kappa shape index (κ3) is 5.59. The van der Waals surface area contributed by atoms with Crippen LogP contribution in [0.25, 0.3) is 0 Å². The van der Waals surface area contributed by atoms with E-state index in [1.165, 1.54) is 25.7 Å². The van der Waals surface area contributed by atoms with Crippen LogP contribution in [-0.2, 0) is 0 Å². The van der Waals surface area contributed by atoms with Gasteiger partial charge in [0.15, 0.2) is 0 Å². The van der Waals surface area contributed by atoms with Crippen LogP contribution in [0.3, 0.4) is 0 Å². The molecule has 1 atom stereocenters. The molecule has 0 fully saturated rings. The summed E-state index contributed by atoms with van der Waals surface area (Å²) in [6.45, 7) is 2.24. The molecule has 4 heteroatoms. The van der Waals surface area contributed by atoms with Crippen molar-refractivity contribution in [3.05, 3.63) is 0 Å². The number of hydrogen-bond donors (Lipinski definition) is 1. The summed E-state index contributed by atoms with van der Waals surface area (Å²) in [6, 6.07) is 0. The van der Waals surface area contributed by atoms with Crippen LogP contribution in [0.4, 0.5) is 0 Å². The molecule has 0 bridgehead atoms. The van der Waals surface area contributed by atoms with Gasteiger partial charge in [-0.1, -0.05) is 0 Å². The fourth-order valence-corrected chi connectivity index (χ4v) is 10.6. The number of hydrogen-bond acceptors (Lipinski definition) is 1. The van der Waals surface area contributed by atoms with Crippen LogP contribution in [0.2, 0.25) is 19.6 Å². The first-order chi connectivity index (χ1) is 7.16. The van der Waals surface area contributed by atoms with E-state index in [1.54, 1.807) is 0 Å². The second-order valence-corrected chi connectivity index (χ2v) is 14.1. The van der Waals surface area contributed by atoms with Crippen LogP contribution in [0.5, 0.6) is 0 Å².